The van der Waals surface area contributed by atoms with Crippen molar-refractivity contribution in [3.63, 3.8) is 0 Å². The summed E-state index contributed by atoms with van der Waals surface area (Å²) < 4.78 is 7.27. The molecule has 0 atom stereocenters. The molecule has 0 fully saturated rings. The van der Waals surface area contributed by atoms with E-state index >= 15 is 0 Å². The first kappa shape index (κ1) is 54.9. The van der Waals surface area contributed by atoms with Gasteiger partial charge in [0.2, 0.25) is 0 Å². The van der Waals surface area contributed by atoms with Gasteiger partial charge in [-0.1, -0.05) is 256 Å². The van der Waals surface area contributed by atoms with Gasteiger partial charge in [0.25, 0.3) is 0 Å². The molecule has 2 nitrogen and oxygen atoms in total. The van der Waals surface area contributed by atoms with Crippen molar-refractivity contribution in [1.82, 2.24) is 0 Å². The average Bonchev–Trinajstić information content (AvgIpc) is 1.52. The first-order chi connectivity index (χ1) is 45.6. The maximum absolute atomic E-state index is 7.27. The largest absolute Gasteiger partial charge is 0.453 e. The van der Waals surface area contributed by atoms with Crippen LogP contribution in [0.25, 0.3) is 122 Å². The van der Waals surface area contributed by atoms with Gasteiger partial charge < -0.3 is 9.64 Å². The Hall–Kier alpha value is -10.8. The fraction of sp³-hybridized carbons (Fsp3) is 0.130. The maximum atomic E-state index is 7.27. The van der Waals surface area contributed by atoms with Crippen LogP contribution in [0.5, 0.6) is 11.5 Å². The van der Waals surface area contributed by atoms with E-state index in [2.05, 4.69) is 333 Å². The van der Waals surface area contributed by atoms with E-state index in [1.807, 2.05) is 0 Å². The van der Waals surface area contributed by atoms with Crippen LogP contribution < -0.4 is 9.64 Å². The summed E-state index contributed by atoms with van der Waals surface area (Å²) >= 11 is 0. The first-order valence-electron chi connectivity index (χ1n) is 33.5. The Morgan fingerprint density at radius 1 is 0.234 bits per heavy atom. The van der Waals surface area contributed by atoms with Crippen LogP contribution in [0.4, 0.5) is 17.1 Å². The average molecular weight is 1200 g/mol. The summed E-state index contributed by atoms with van der Waals surface area (Å²) in [4.78, 5) is 2.54. The molecule has 14 aromatic rings. The predicted octanol–water partition coefficient (Wildman–Crippen LogP) is 25.1. The lowest BCUT2D eigenvalue weighted by atomic mass is 9.79. The zero-order valence-corrected chi connectivity index (χ0v) is 54.3. The molecule has 0 saturated heterocycles. The highest BCUT2D eigenvalue weighted by atomic mass is 16.5. The Balaban J connectivity index is 0.783. The SMILES string of the molecule is CC1(C)c2cc(-c3ccc4c(c3)N(c3c(-c5ccccc5)cc(-c5ccccc5)cc3-c3ccccc3)c3cc(-c5ccc6c(c5)C(C)(C)c5cc7c(cc5-6)C(C)(C)c5ccc6ccccc6c5-7)ccc3O4)ccc2-c2cc3c(cc21)-c1c(ccc2ccccc12)C3(C)C. The third-order valence-corrected chi connectivity index (χ3v) is 22.6. The lowest BCUT2D eigenvalue weighted by molar-refractivity contribution is 0.477. The number of fused-ring (bicyclic) bond motifs is 18. The lowest BCUT2D eigenvalue weighted by Gasteiger charge is -2.36. The van der Waals surface area contributed by atoms with Gasteiger partial charge in [0.1, 0.15) is 0 Å². The fourth-order valence-corrected chi connectivity index (χ4v) is 17.6. The van der Waals surface area contributed by atoms with E-state index in [4.69, 9.17) is 4.74 Å². The van der Waals surface area contributed by atoms with Crippen LogP contribution in [0.15, 0.2) is 273 Å². The van der Waals surface area contributed by atoms with Crippen molar-refractivity contribution in [2.75, 3.05) is 4.90 Å². The highest BCUT2D eigenvalue weighted by molar-refractivity contribution is 6.07. The van der Waals surface area contributed by atoms with Crippen LogP contribution in [0.2, 0.25) is 0 Å². The van der Waals surface area contributed by atoms with Crippen LogP contribution in [0.1, 0.15) is 99.9 Å². The molecule has 14 aromatic carbocycles. The predicted molar refractivity (Wildman–Crippen MR) is 394 cm³/mol. The minimum Gasteiger partial charge on any atom is -0.453 e. The van der Waals surface area contributed by atoms with E-state index in [9.17, 15) is 0 Å². The number of rotatable bonds is 6. The molecule has 1 aliphatic heterocycles. The van der Waals surface area contributed by atoms with E-state index in [-0.39, 0.29) is 21.7 Å². The molecule has 0 radical (unpaired) electrons. The summed E-state index contributed by atoms with van der Waals surface area (Å²) in [6.07, 6.45) is 0. The van der Waals surface area contributed by atoms with E-state index < -0.39 is 0 Å². The van der Waals surface area contributed by atoms with Gasteiger partial charge in [0, 0.05) is 32.8 Å². The summed E-state index contributed by atoms with van der Waals surface area (Å²) in [5, 5.41) is 5.24. The van der Waals surface area contributed by atoms with Crippen molar-refractivity contribution in [1.29, 1.82) is 0 Å². The summed E-state index contributed by atoms with van der Waals surface area (Å²) in [6.45, 7) is 19.3. The molecule has 4 aliphatic carbocycles. The highest BCUT2D eigenvalue weighted by Gasteiger charge is 2.45. The minimum absolute atomic E-state index is 0.136. The Labute approximate surface area is 551 Å². The second kappa shape index (κ2) is 19.4. The molecular weight excluding hydrogens is 1140 g/mol. The molecule has 0 amide bonds. The Kier molecular flexibility index (Phi) is 11.3. The topological polar surface area (TPSA) is 12.5 Å². The molecule has 0 N–H and O–H groups in total. The highest BCUT2D eigenvalue weighted by Crippen LogP contribution is 2.62. The number of hydrogen-bond acceptors (Lipinski definition) is 2. The molecule has 448 valence electrons. The lowest BCUT2D eigenvalue weighted by Crippen LogP contribution is -2.18. The third kappa shape index (κ3) is 7.66. The standard InChI is InChI=1S/C92H69NO/c1-89(2)74-40-34-57-28-18-20-30-64(57)86(74)72-52-78-70(50-80(72)89)66-38-32-59(46-76(66)91(78,5)6)61-36-42-84-82(48-61)93(88-68(55-24-14-10-15-25-55)44-63(54-22-12-9-13-23-54)45-69(88)56-26-16-11-17-27-56)83-49-62(37-43-85(83)94-84)60-33-39-67-71-51-81-73(53-79(71)92(7,8)77(67)47-60)87-65-31-21-19-29-58(65)35-41-75(87)90(81,3)4/h9-53H,1-8H3. The zero-order chi connectivity index (χ0) is 63.3. The number of ether oxygens (including phenoxy) is 1. The van der Waals surface area contributed by atoms with Crippen LogP contribution in [-0.4, -0.2) is 0 Å². The monoisotopic (exact) mass is 1200 g/mol. The summed E-state index contributed by atoms with van der Waals surface area (Å²) in [7, 11) is 0. The van der Waals surface area contributed by atoms with Gasteiger partial charge in [-0.15, -0.1) is 0 Å². The van der Waals surface area contributed by atoms with E-state index in [1.165, 1.54) is 122 Å². The zero-order valence-electron chi connectivity index (χ0n) is 54.3. The molecule has 2 heteroatoms. The van der Waals surface area contributed by atoms with Gasteiger partial charge in [-0.05, 0) is 228 Å². The van der Waals surface area contributed by atoms with Crippen molar-refractivity contribution in [3.8, 4) is 112 Å². The molecule has 0 unspecified atom stereocenters. The summed E-state index contributed by atoms with van der Waals surface area (Å²) in [5.41, 5.74) is 35.6. The molecule has 5 aliphatic rings. The molecule has 19 rings (SSSR count). The number of benzene rings is 14. The second-order valence-electron chi connectivity index (χ2n) is 29.1. The quantitative estimate of drug-likeness (QED) is 0.165. The van der Waals surface area contributed by atoms with Crippen LogP contribution in [0.3, 0.4) is 0 Å². The molecule has 0 saturated carbocycles. The van der Waals surface area contributed by atoms with E-state index in [1.54, 1.807) is 0 Å². The smallest absolute Gasteiger partial charge is 0.151 e. The minimum atomic E-state index is -0.254. The van der Waals surface area contributed by atoms with Gasteiger partial charge >= 0.3 is 0 Å². The fourth-order valence-electron chi connectivity index (χ4n) is 17.6. The Morgan fingerprint density at radius 3 is 1.03 bits per heavy atom. The Morgan fingerprint density at radius 2 is 0.585 bits per heavy atom. The molecule has 94 heavy (non-hydrogen) atoms. The third-order valence-electron chi connectivity index (χ3n) is 22.6. The maximum Gasteiger partial charge on any atom is 0.151 e. The van der Waals surface area contributed by atoms with Crippen molar-refractivity contribution in [3.05, 3.63) is 317 Å². The number of hydrogen-bond donors (Lipinski definition) is 0. The van der Waals surface area contributed by atoms with E-state index in [0.29, 0.717) is 0 Å². The number of anilines is 3. The van der Waals surface area contributed by atoms with E-state index in [0.717, 1.165) is 73.1 Å². The molecular formula is C92H69NO. The van der Waals surface area contributed by atoms with Crippen molar-refractivity contribution in [2.24, 2.45) is 0 Å². The van der Waals surface area contributed by atoms with Gasteiger partial charge in [-0.25, -0.2) is 0 Å². The summed E-state index contributed by atoms with van der Waals surface area (Å²) in [5.74, 6) is 1.60. The molecule has 0 bridgehead atoms. The molecule has 1 heterocycles. The van der Waals surface area contributed by atoms with Crippen LogP contribution in [-0.2, 0) is 21.7 Å². The first-order valence-corrected chi connectivity index (χ1v) is 33.5. The molecule has 0 aromatic heterocycles. The summed E-state index contributed by atoms with van der Waals surface area (Å²) in [6, 6.07) is 103. The van der Waals surface area contributed by atoms with Crippen LogP contribution in [0, 0.1) is 0 Å². The van der Waals surface area contributed by atoms with Crippen molar-refractivity contribution < 1.29 is 4.74 Å². The van der Waals surface area contributed by atoms with Gasteiger partial charge in [0.05, 0.1) is 17.1 Å². The van der Waals surface area contributed by atoms with Gasteiger partial charge in [-0.2, -0.15) is 0 Å². The normalized spacial score (nSPS) is 15.4. The Bertz CT molecular complexity index is 5300. The van der Waals surface area contributed by atoms with Crippen molar-refractivity contribution >= 4 is 38.6 Å². The van der Waals surface area contributed by atoms with Crippen molar-refractivity contribution in [2.45, 2.75) is 77.0 Å². The van der Waals surface area contributed by atoms with Gasteiger partial charge in [0.15, 0.2) is 11.5 Å². The van der Waals surface area contributed by atoms with Crippen LogP contribution >= 0.6 is 0 Å². The van der Waals surface area contributed by atoms with Gasteiger partial charge in [-0.3, -0.25) is 0 Å². The molecule has 0 spiro atoms. The number of nitrogens with zero attached hydrogens (tertiary/aromatic N) is 1. The second-order valence-corrected chi connectivity index (χ2v) is 29.1.